The van der Waals surface area contributed by atoms with E-state index in [9.17, 15) is 9.90 Å². The predicted molar refractivity (Wildman–Crippen MR) is 111 cm³/mol. The topological polar surface area (TPSA) is 46.5 Å². The monoisotopic (exact) mass is 372 g/mol. The lowest BCUT2D eigenvalue weighted by atomic mass is 9.85. The largest absolute Gasteiger partial charge is 0.486 e. The van der Waals surface area contributed by atoms with Crippen LogP contribution in [0.2, 0.25) is 0 Å². The number of aromatic carboxylic acids is 1. The Morgan fingerprint density at radius 1 is 1.07 bits per heavy atom. The summed E-state index contributed by atoms with van der Waals surface area (Å²) in [7, 11) is 0. The number of rotatable bonds is 4. The lowest BCUT2D eigenvalue weighted by Crippen LogP contribution is -2.39. The molecule has 1 N–H and O–H groups in total. The molecule has 1 unspecified atom stereocenters. The normalized spacial score (nSPS) is 18.2. The molecule has 1 aliphatic heterocycles. The molecule has 0 radical (unpaired) electrons. The minimum absolute atomic E-state index is 0.286. The van der Waals surface area contributed by atoms with Gasteiger partial charge < -0.3 is 9.84 Å². The van der Waals surface area contributed by atoms with E-state index >= 15 is 0 Å². The van der Waals surface area contributed by atoms with Crippen molar-refractivity contribution in [2.24, 2.45) is 0 Å². The minimum Gasteiger partial charge on any atom is -0.486 e. The first-order valence-electron chi connectivity index (χ1n) is 9.64. The second-order valence-electron chi connectivity index (χ2n) is 7.84. The summed E-state index contributed by atoms with van der Waals surface area (Å²) < 4.78 is 6.62. The van der Waals surface area contributed by atoms with E-state index in [2.05, 4.69) is 44.2 Å². The quantitative estimate of drug-likeness (QED) is 0.640. The van der Waals surface area contributed by atoms with Gasteiger partial charge in [0.05, 0.1) is 5.56 Å². The molecule has 0 amide bonds. The molecule has 0 bridgehead atoms. The molecular formula is C25H24O3. The fourth-order valence-electron chi connectivity index (χ4n) is 3.98. The summed E-state index contributed by atoms with van der Waals surface area (Å²) in [5, 5.41) is 9.34. The molecule has 0 aromatic heterocycles. The lowest BCUT2D eigenvalue weighted by Gasteiger charge is -2.37. The Labute approximate surface area is 165 Å². The molecule has 0 saturated heterocycles. The van der Waals surface area contributed by atoms with Crippen molar-refractivity contribution >= 4 is 5.97 Å². The molecule has 0 fully saturated rings. The maximum absolute atomic E-state index is 11.4. The highest BCUT2D eigenvalue weighted by molar-refractivity contribution is 5.90. The van der Waals surface area contributed by atoms with Gasteiger partial charge in [-0.3, -0.25) is 0 Å². The van der Waals surface area contributed by atoms with Gasteiger partial charge in [-0.25, -0.2) is 4.79 Å². The van der Waals surface area contributed by atoms with Crippen LogP contribution in [0.3, 0.4) is 0 Å². The van der Waals surface area contributed by atoms with Gasteiger partial charge in [-0.15, -0.1) is 0 Å². The zero-order valence-corrected chi connectivity index (χ0v) is 16.2. The van der Waals surface area contributed by atoms with Crippen molar-refractivity contribution in [1.82, 2.24) is 0 Å². The number of fused-ring (bicyclic) bond motifs is 1. The Kier molecular flexibility index (Phi) is 4.68. The molecule has 3 aromatic carbocycles. The first-order valence-corrected chi connectivity index (χ1v) is 9.64. The van der Waals surface area contributed by atoms with E-state index in [1.807, 2.05) is 18.2 Å². The summed E-state index contributed by atoms with van der Waals surface area (Å²) in [6, 6.07) is 21.6. The molecular weight excluding hydrogens is 348 g/mol. The zero-order chi connectivity index (χ0) is 19.7. The molecule has 0 spiro atoms. The van der Waals surface area contributed by atoms with Crippen LogP contribution in [-0.4, -0.2) is 16.7 Å². The van der Waals surface area contributed by atoms with Crippen molar-refractivity contribution in [3.63, 3.8) is 0 Å². The van der Waals surface area contributed by atoms with Crippen LogP contribution < -0.4 is 4.74 Å². The molecule has 4 rings (SSSR count). The van der Waals surface area contributed by atoms with E-state index in [0.29, 0.717) is 0 Å². The van der Waals surface area contributed by atoms with E-state index in [4.69, 9.17) is 4.74 Å². The van der Waals surface area contributed by atoms with Gasteiger partial charge in [-0.2, -0.15) is 0 Å². The number of benzene rings is 3. The number of ether oxygens (including phenoxy) is 1. The van der Waals surface area contributed by atoms with Crippen LogP contribution in [0.25, 0.3) is 11.1 Å². The third-order valence-electron chi connectivity index (χ3n) is 5.61. The van der Waals surface area contributed by atoms with Gasteiger partial charge in [0.15, 0.2) is 0 Å². The average Bonchev–Trinajstić information content (AvgIpc) is 2.69. The summed E-state index contributed by atoms with van der Waals surface area (Å²) in [5.41, 5.74) is 5.58. The van der Waals surface area contributed by atoms with Gasteiger partial charge >= 0.3 is 5.97 Å². The highest BCUT2D eigenvalue weighted by Crippen LogP contribution is 2.42. The van der Waals surface area contributed by atoms with E-state index in [-0.39, 0.29) is 11.2 Å². The molecule has 1 aliphatic rings. The summed E-state index contributed by atoms with van der Waals surface area (Å²) in [5.74, 6) is -0.0377. The van der Waals surface area contributed by atoms with Crippen LogP contribution in [0.15, 0.2) is 66.7 Å². The SMILES string of the molecule is Cc1ccccc1CC1(C)CCc2cccc(-c3cccc(C(=O)O)c3)c2O1. The maximum Gasteiger partial charge on any atom is 0.335 e. The number of hydrogen-bond donors (Lipinski definition) is 1. The van der Waals surface area contributed by atoms with Crippen molar-refractivity contribution in [1.29, 1.82) is 0 Å². The number of carbonyl (C=O) groups is 1. The second kappa shape index (κ2) is 7.16. The summed E-state index contributed by atoms with van der Waals surface area (Å²) >= 11 is 0. The van der Waals surface area contributed by atoms with E-state index < -0.39 is 5.97 Å². The Morgan fingerprint density at radius 3 is 2.64 bits per heavy atom. The van der Waals surface area contributed by atoms with Crippen molar-refractivity contribution in [2.75, 3.05) is 0 Å². The standard InChI is InChI=1S/C25H24O3/c1-17-7-3-4-8-21(17)16-25(2)14-13-18-9-6-12-22(23(18)28-25)19-10-5-11-20(15-19)24(26)27/h3-12,15H,13-14,16H2,1-2H3,(H,26,27). The Balaban J connectivity index is 1.71. The number of carboxylic acids is 1. The fourth-order valence-corrected chi connectivity index (χ4v) is 3.98. The number of carboxylic acid groups (broad SMARTS) is 1. The smallest absolute Gasteiger partial charge is 0.335 e. The fraction of sp³-hybridized carbons (Fsp3) is 0.240. The average molecular weight is 372 g/mol. The zero-order valence-electron chi connectivity index (χ0n) is 16.2. The van der Waals surface area contributed by atoms with E-state index in [1.165, 1.54) is 16.7 Å². The molecule has 3 aromatic rings. The van der Waals surface area contributed by atoms with Crippen LogP contribution in [0.4, 0.5) is 0 Å². The minimum atomic E-state index is -0.919. The Morgan fingerprint density at radius 2 is 1.86 bits per heavy atom. The summed E-state index contributed by atoms with van der Waals surface area (Å²) in [4.78, 5) is 11.4. The first kappa shape index (κ1) is 18.3. The van der Waals surface area contributed by atoms with Crippen LogP contribution >= 0.6 is 0 Å². The van der Waals surface area contributed by atoms with Crippen LogP contribution in [-0.2, 0) is 12.8 Å². The number of hydrogen-bond acceptors (Lipinski definition) is 2. The first-order chi connectivity index (χ1) is 13.5. The van der Waals surface area contributed by atoms with Gasteiger partial charge in [0.2, 0.25) is 0 Å². The highest BCUT2D eigenvalue weighted by atomic mass is 16.5. The molecule has 142 valence electrons. The highest BCUT2D eigenvalue weighted by Gasteiger charge is 2.33. The van der Waals surface area contributed by atoms with Gasteiger partial charge in [-0.1, -0.05) is 54.6 Å². The molecule has 3 heteroatoms. The molecule has 28 heavy (non-hydrogen) atoms. The van der Waals surface area contributed by atoms with Crippen molar-refractivity contribution in [3.8, 4) is 16.9 Å². The maximum atomic E-state index is 11.4. The van der Waals surface area contributed by atoms with Crippen molar-refractivity contribution in [3.05, 3.63) is 89.0 Å². The molecule has 0 saturated carbocycles. The third kappa shape index (κ3) is 3.53. The summed E-state index contributed by atoms with van der Waals surface area (Å²) in [6.45, 7) is 4.31. The van der Waals surface area contributed by atoms with Crippen LogP contribution in [0.5, 0.6) is 5.75 Å². The lowest BCUT2D eigenvalue weighted by molar-refractivity contribution is 0.0658. The number of aryl methyl sites for hydroxylation is 2. The summed E-state index contributed by atoms with van der Waals surface area (Å²) in [6.07, 6.45) is 2.75. The molecule has 0 aliphatic carbocycles. The van der Waals surface area contributed by atoms with Gasteiger partial charge in [-0.05, 0) is 61.1 Å². The van der Waals surface area contributed by atoms with Crippen LogP contribution in [0.1, 0.15) is 40.4 Å². The Bertz CT molecular complexity index is 1040. The van der Waals surface area contributed by atoms with Crippen LogP contribution in [0, 0.1) is 6.92 Å². The van der Waals surface area contributed by atoms with Gasteiger partial charge in [0, 0.05) is 12.0 Å². The number of para-hydroxylation sites is 1. The third-order valence-corrected chi connectivity index (χ3v) is 5.61. The van der Waals surface area contributed by atoms with E-state index in [1.54, 1.807) is 18.2 Å². The van der Waals surface area contributed by atoms with Crippen molar-refractivity contribution in [2.45, 2.75) is 38.7 Å². The molecule has 3 nitrogen and oxygen atoms in total. The molecule has 1 heterocycles. The Hall–Kier alpha value is -3.07. The molecule has 1 atom stereocenters. The van der Waals surface area contributed by atoms with Gasteiger partial charge in [0.25, 0.3) is 0 Å². The van der Waals surface area contributed by atoms with E-state index in [0.717, 1.165) is 36.1 Å². The predicted octanol–water partition coefficient (Wildman–Crippen LogP) is 5.69. The second-order valence-corrected chi connectivity index (χ2v) is 7.84. The van der Waals surface area contributed by atoms with Crippen molar-refractivity contribution < 1.29 is 14.6 Å². The van der Waals surface area contributed by atoms with Gasteiger partial charge in [0.1, 0.15) is 11.4 Å².